The lowest BCUT2D eigenvalue weighted by Crippen LogP contribution is -2.29. The number of halogens is 1. The van der Waals surface area contributed by atoms with E-state index in [4.69, 9.17) is 9.47 Å². The van der Waals surface area contributed by atoms with Crippen molar-refractivity contribution in [2.24, 2.45) is 0 Å². The number of amides is 1. The Morgan fingerprint density at radius 2 is 1.76 bits per heavy atom. The van der Waals surface area contributed by atoms with Crippen molar-refractivity contribution < 1.29 is 33.4 Å². The molecule has 1 aliphatic rings. The van der Waals surface area contributed by atoms with Crippen LogP contribution in [0.2, 0.25) is 0 Å². The van der Waals surface area contributed by atoms with Crippen molar-refractivity contribution in [1.82, 2.24) is 4.98 Å². The second kappa shape index (κ2) is 11.3. The van der Waals surface area contributed by atoms with E-state index in [1.165, 1.54) is 31.4 Å². The highest BCUT2D eigenvalue weighted by atomic mass is 32.1. The number of rotatable bonds is 7. The van der Waals surface area contributed by atoms with Gasteiger partial charge in [-0.2, -0.15) is 0 Å². The highest BCUT2D eigenvalue weighted by Gasteiger charge is 2.48. The van der Waals surface area contributed by atoms with Crippen molar-refractivity contribution in [2.75, 3.05) is 12.0 Å². The number of esters is 1. The van der Waals surface area contributed by atoms with Crippen LogP contribution >= 0.6 is 11.3 Å². The Hall–Kier alpha value is -4.83. The van der Waals surface area contributed by atoms with Gasteiger partial charge in [-0.05, 0) is 60.9 Å². The molecule has 10 heteroatoms. The number of aromatic nitrogens is 1. The Kier molecular flexibility index (Phi) is 7.67. The van der Waals surface area contributed by atoms with E-state index in [0.717, 1.165) is 21.8 Å². The molecule has 0 spiro atoms. The summed E-state index contributed by atoms with van der Waals surface area (Å²) in [6.07, 6.45) is 0. The fourth-order valence-electron chi connectivity index (χ4n) is 4.64. The molecule has 5 rings (SSSR count). The standard InChI is InChI=1S/C31H25FN2O6S/c1-17-15-22(40-16-19-7-5-4-6-8-19)13-14-23(17)26(35)24-25(20-9-11-21(32)12-10-20)34(29(37)27(24)36)31-33-18(2)28(41-31)30(38)39-3/h4-15,25,35H,16H2,1-3H3. The molecule has 2 heterocycles. The summed E-state index contributed by atoms with van der Waals surface area (Å²) in [5, 5.41) is 11.6. The molecule has 0 aliphatic carbocycles. The Labute approximate surface area is 239 Å². The summed E-state index contributed by atoms with van der Waals surface area (Å²) in [4.78, 5) is 44.7. The summed E-state index contributed by atoms with van der Waals surface area (Å²) < 4.78 is 24.5. The SMILES string of the molecule is COC(=O)c1sc(N2C(=O)C(=O)C(=C(O)c3ccc(OCc4ccccc4)cc3C)C2c2ccc(F)cc2)nc1C. The molecule has 3 aromatic carbocycles. The fourth-order valence-corrected chi connectivity index (χ4v) is 5.65. The first kappa shape index (κ1) is 27.7. The molecule has 1 aliphatic heterocycles. The summed E-state index contributed by atoms with van der Waals surface area (Å²) in [5.41, 5.74) is 2.43. The number of ketones is 1. The second-order valence-electron chi connectivity index (χ2n) is 9.37. The molecule has 1 saturated heterocycles. The minimum absolute atomic E-state index is 0.0692. The maximum atomic E-state index is 13.8. The van der Waals surface area contributed by atoms with Gasteiger partial charge in [-0.25, -0.2) is 14.2 Å². The molecule has 0 bridgehead atoms. The van der Waals surface area contributed by atoms with E-state index < -0.39 is 35.3 Å². The maximum absolute atomic E-state index is 13.8. The van der Waals surface area contributed by atoms with Crippen LogP contribution in [0.25, 0.3) is 5.76 Å². The smallest absolute Gasteiger partial charge is 0.350 e. The van der Waals surface area contributed by atoms with Gasteiger partial charge in [0.1, 0.15) is 28.8 Å². The largest absolute Gasteiger partial charge is 0.507 e. The summed E-state index contributed by atoms with van der Waals surface area (Å²) in [7, 11) is 1.23. The summed E-state index contributed by atoms with van der Waals surface area (Å²) in [6.45, 7) is 3.68. The monoisotopic (exact) mass is 572 g/mol. The zero-order valence-corrected chi connectivity index (χ0v) is 23.2. The summed E-state index contributed by atoms with van der Waals surface area (Å²) in [6, 6.07) is 18.8. The molecule has 0 radical (unpaired) electrons. The van der Waals surface area contributed by atoms with Crippen LogP contribution in [0.3, 0.4) is 0 Å². The predicted octanol–water partition coefficient (Wildman–Crippen LogP) is 5.89. The summed E-state index contributed by atoms with van der Waals surface area (Å²) >= 11 is 0.887. The van der Waals surface area contributed by atoms with Crippen LogP contribution < -0.4 is 9.64 Å². The molecule has 8 nitrogen and oxygen atoms in total. The van der Waals surface area contributed by atoms with Gasteiger partial charge < -0.3 is 14.6 Å². The molecule has 1 N–H and O–H groups in total. The van der Waals surface area contributed by atoms with E-state index in [-0.39, 0.29) is 15.6 Å². The third-order valence-corrected chi connectivity index (χ3v) is 7.83. The second-order valence-corrected chi connectivity index (χ2v) is 10.4. The van der Waals surface area contributed by atoms with Crippen molar-refractivity contribution in [3.05, 3.63) is 117 Å². The molecule has 1 unspecified atom stereocenters. The number of hydrogen-bond acceptors (Lipinski definition) is 8. The van der Waals surface area contributed by atoms with E-state index in [1.54, 1.807) is 32.0 Å². The molecule has 4 aromatic rings. The van der Waals surface area contributed by atoms with Crippen molar-refractivity contribution in [1.29, 1.82) is 0 Å². The number of thiazole rings is 1. The molecule has 1 fully saturated rings. The van der Waals surface area contributed by atoms with E-state index in [2.05, 4.69) is 4.98 Å². The fraction of sp³-hybridized carbons (Fsp3) is 0.161. The lowest BCUT2D eigenvalue weighted by molar-refractivity contribution is -0.132. The van der Waals surface area contributed by atoms with Gasteiger partial charge in [-0.1, -0.05) is 53.8 Å². The number of methoxy groups -OCH3 is 1. The number of carbonyl (C=O) groups excluding carboxylic acids is 3. The van der Waals surface area contributed by atoms with Crippen LogP contribution in [0.4, 0.5) is 9.52 Å². The van der Waals surface area contributed by atoms with Gasteiger partial charge in [0.05, 0.1) is 24.4 Å². The number of Topliss-reactive ketones (excluding diaryl/α,β-unsaturated/α-hetero) is 1. The molecule has 1 amide bonds. The Morgan fingerprint density at radius 1 is 1.05 bits per heavy atom. The van der Waals surface area contributed by atoms with Gasteiger partial charge in [-0.15, -0.1) is 0 Å². The average molecular weight is 573 g/mol. The molecule has 1 aromatic heterocycles. The van der Waals surface area contributed by atoms with Crippen LogP contribution in [-0.2, 0) is 20.9 Å². The van der Waals surface area contributed by atoms with Crippen molar-refractivity contribution in [2.45, 2.75) is 26.5 Å². The van der Waals surface area contributed by atoms with Crippen LogP contribution in [-0.4, -0.2) is 34.9 Å². The molecular formula is C31H25FN2O6S. The number of aliphatic hydroxyl groups excluding tert-OH is 1. The number of benzene rings is 3. The highest BCUT2D eigenvalue weighted by Crippen LogP contribution is 2.44. The maximum Gasteiger partial charge on any atom is 0.350 e. The number of nitrogens with zero attached hydrogens (tertiary/aromatic N) is 2. The number of aryl methyl sites for hydroxylation is 2. The van der Waals surface area contributed by atoms with E-state index in [9.17, 15) is 23.9 Å². The lowest BCUT2D eigenvalue weighted by atomic mass is 9.94. The topological polar surface area (TPSA) is 106 Å². The van der Waals surface area contributed by atoms with Crippen molar-refractivity contribution >= 4 is 39.9 Å². The Bertz CT molecular complexity index is 1680. The number of ether oxygens (including phenoxy) is 2. The lowest BCUT2D eigenvalue weighted by Gasteiger charge is -2.23. The molecule has 0 saturated carbocycles. The Morgan fingerprint density at radius 3 is 2.41 bits per heavy atom. The Balaban J connectivity index is 1.57. The predicted molar refractivity (Wildman–Crippen MR) is 151 cm³/mol. The minimum atomic E-state index is -1.12. The summed E-state index contributed by atoms with van der Waals surface area (Å²) in [5.74, 6) is -2.85. The van der Waals surface area contributed by atoms with Gasteiger partial charge in [0, 0.05) is 5.56 Å². The molecule has 41 heavy (non-hydrogen) atoms. The van der Waals surface area contributed by atoms with Crippen molar-refractivity contribution in [3.8, 4) is 5.75 Å². The number of anilines is 1. The van der Waals surface area contributed by atoms with Crippen LogP contribution in [0.5, 0.6) is 5.75 Å². The van der Waals surface area contributed by atoms with Crippen LogP contribution in [0.1, 0.15) is 43.7 Å². The average Bonchev–Trinajstić information content (AvgIpc) is 3.48. The van der Waals surface area contributed by atoms with E-state index in [0.29, 0.717) is 34.7 Å². The van der Waals surface area contributed by atoms with E-state index >= 15 is 0 Å². The van der Waals surface area contributed by atoms with Gasteiger partial charge in [0.25, 0.3) is 5.78 Å². The minimum Gasteiger partial charge on any atom is -0.507 e. The normalized spacial score (nSPS) is 16.2. The van der Waals surface area contributed by atoms with Crippen LogP contribution in [0.15, 0.2) is 78.4 Å². The third kappa shape index (κ3) is 5.33. The van der Waals surface area contributed by atoms with Gasteiger partial charge in [-0.3, -0.25) is 14.5 Å². The number of carbonyl (C=O) groups is 3. The number of aliphatic hydroxyl groups is 1. The first-order chi connectivity index (χ1) is 19.7. The third-order valence-electron chi connectivity index (χ3n) is 6.69. The molecule has 1 atom stereocenters. The zero-order valence-electron chi connectivity index (χ0n) is 22.4. The van der Waals surface area contributed by atoms with Crippen molar-refractivity contribution in [3.63, 3.8) is 0 Å². The first-order valence-corrected chi connectivity index (χ1v) is 13.4. The highest BCUT2D eigenvalue weighted by molar-refractivity contribution is 7.17. The molecular weight excluding hydrogens is 547 g/mol. The number of hydrogen-bond donors (Lipinski definition) is 1. The zero-order chi connectivity index (χ0) is 29.3. The quantitative estimate of drug-likeness (QED) is 0.127. The van der Waals surface area contributed by atoms with Gasteiger partial charge in [0.15, 0.2) is 5.13 Å². The first-order valence-electron chi connectivity index (χ1n) is 12.6. The van der Waals surface area contributed by atoms with Gasteiger partial charge >= 0.3 is 11.9 Å². The molecule has 208 valence electrons. The van der Waals surface area contributed by atoms with Gasteiger partial charge in [0.2, 0.25) is 0 Å². The van der Waals surface area contributed by atoms with Crippen LogP contribution in [0, 0.1) is 19.7 Å². The van der Waals surface area contributed by atoms with E-state index in [1.807, 2.05) is 30.3 Å².